The maximum absolute atomic E-state index is 13.4. The number of pyridine rings is 2. The third-order valence-corrected chi connectivity index (χ3v) is 28.8. The van der Waals surface area contributed by atoms with E-state index in [1.807, 2.05) is 125 Å². The van der Waals surface area contributed by atoms with Crippen LogP contribution in [0.2, 0.25) is 35.2 Å². The predicted molar refractivity (Wildman–Crippen MR) is 583 cm³/mol. The number of anilines is 3. The summed E-state index contributed by atoms with van der Waals surface area (Å²) in [6, 6.07) is 61.5. The number of aromatic nitrogens is 4. The second-order valence-electron chi connectivity index (χ2n) is 35.4. The number of halogens is 8. The number of allylic oxidation sites excluding steroid dienone is 2. The number of aryl methyl sites for hydroxylation is 2. The van der Waals surface area contributed by atoms with Crippen molar-refractivity contribution in [2.24, 2.45) is 24.3 Å². The summed E-state index contributed by atoms with van der Waals surface area (Å²) in [5.74, 6) is -2.96. The number of Topliss-reactive ketones (excluding diaryl/α,β-unsaturated/α-hetero) is 3. The number of rotatable bonds is 37. The van der Waals surface area contributed by atoms with E-state index in [4.69, 9.17) is 105 Å². The van der Waals surface area contributed by atoms with Gasteiger partial charge in [0, 0.05) is 88.7 Å². The van der Waals surface area contributed by atoms with Gasteiger partial charge in [0.25, 0.3) is 17.4 Å². The highest BCUT2D eigenvalue weighted by molar-refractivity contribution is 9.12. The molecular formula is C113H111BrCl7N9O17. The summed E-state index contributed by atoms with van der Waals surface area (Å²) in [6.45, 7) is 10.5. The van der Waals surface area contributed by atoms with E-state index in [0.717, 1.165) is 110 Å². The quantitative estimate of drug-likeness (QED) is 0.0160. The predicted octanol–water partition coefficient (Wildman–Crippen LogP) is 23.0. The van der Waals surface area contributed by atoms with Crippen molar-refractivity contribution in [1.29, 1.82) is 0 Å². The van der Waals surface area contributed by atoms with Crippen LogP contribution in [0.25, 0.3) is 38.5 Å². The van der Waals surface area contributed by atoms with Crippen LogP contribution >= 0.6 is 97.1 Å². The van der Waals surface area contributed by atoms with E-state index in [1.165, 1.54) is 30.2 Å². The van der Waals surface area contributed by atoms with Gasteiger partial charge in [-0.15, -0.1) is 0 Å². The lowest BCUT2D eigenvalue weighted by Gasteiger charge is -2.46. The van der Waals surface area contributed by atoms with Crippen molar-refractivity contribution in [3.8, 4) is 28.3 Å². The molecule has 4 atom stereocenters. The van der Waals surface area contributed by atoms with Gasteiger partial charge in [-0.05, 0) is 234 Å². The Morgan fingerprint density at radius 3 is 1.59 bits per heavy atom. The SMILES string of the molecule is CCN(CC)CCOC(=O)[C@H](Cc1ccc(CC(=O)c2c(Cl)cccc2Cl)cc1)NC(=O)c1c(C)cccc1Cl.CCOC(=O)[C@@H](CC1=C(Br)C(=O)C12CCCCC2)Cc1ccc(Nc2nccc3ccncc23)cc1.COC(=O)[C@@H](CC(=O)c1c(Cl)cccc1Cl)Cc1ccc(-n2c(=O)c3cc(N(C)C)ccc3n(C)c2=O)cc1.COc1cccc(OC)c1-c1ccc(C[C@H](NC(=O)c2c(Cl)cccc2Cl)C(=O)O)cc1. The Kier molecular flexibility index (Phi) is 40.6. The van der Waals surface area contributed by atoms with Gasteiger partial charge in [-0.25, -0.2) is 23.9 Å². The van der Waals surface area contributed by atoms with Crippen molar-refractivity contribution in [2.45, 2.75) is 117 Å². The minimum atomic E-state index is -1.17. The highest BCUT2D eigenvalue weighted by Crippen LogP contribution is 2.57. The highest BCUT2D eigenvalue weighted by Gasteiger charge is 2.53. The third-order valence-electron chi connectivity index (χ3n) is 25.7. The molecule has 34 heteroatoms. The average Bonchev–Trinajstić information content (AvgIpc) is 0.721. The summed E-state index contributed by atoms with van der Waals surface area (Å²) in [6.07, 6.45) is 12.0. The molecule has 147 heavy (non-hydrogen) atoms. The molecule has 1 saturated carbocycles. The van der Waals surface area contributed by atoms with Crippen molar-refractivity contribution in [2.75, 3.05) is 78.5 Å². The molecule has 2 aliphatic rings. The first kappa shape index (κ1) is 113. The molecule has 2 amide bonds. The second-order valence-corrected chi connectivity index (χ2v) is 39.0. The molecule has 15 rings (SSSR count). The largest absolute Gasteiger partial charge is 0.496 e. The maximum atomic E-state index is 13.4. The Morgan fingerprint density at radius 1 is 0.531 bits per heavy atom. The van der Waals surface area contributed by atoms with Gasteiger partial charge in [-0.1, -0.05) is 224 Å². The Balaban J connectivity index is 0.000000175. The molecule has 766 valence electrons. The fourth-order valence-electron chi connectivity index (χ4n) is 17.8. The zero-order chi connectivity index (χ0) is 106. The van der Waals surface area contributed by atoms with Crippen LogP contribution in [0.4, 0.5) is 17.2 Å². The summed E-state index contributed by atoms with van der Waals surface area (Å²) in [7, 11) is 9.79. The van der Waals surface area contributed by atoms with E-state index < -0.39 is 59.0 Å². The Labute approximate surface area is 895 Å². The van der Waals surface area contributed by atoms with Crippen molar-refractivity contribution in [3.05, 3.63) is 359 Å². The van der Waals surface area contributed by atoms with Gasteiger partial charge < -0.3 is 54.5 Å². The van der Waals surface area contributed by atoms with E-state index in [9.17, 15) is 57.8 Å². The molecule has 0 saturated heterocycles. The monoisotopic (exact) mass is 2190 g/mol. The first-order valence-corrected chi connectivity index (χ1v) is 51.0. The molecular weight excluding hydrogens is 2080 g/mol. The Hall–Kier alpha value is -13.1. The number of hydrogen-bond donors (Lipinski definition) is 4. The summed E-state index contributed by atoms with van der Waals surface area (Å²) in [5.41, 5.74) is 9.69. The van der Waals surface area contributed by atoms with Crippen LogP contribution in [0.3, 0.4) is 0 Å². The molecule has 10 aromatic carbocycles. The number of ketones is 3. The van der Waals surface area contributed by atoms with Crippen LogP contribution in [0.5, 0.6) is 11.5 Å². The molecule has 4 N–H and O–H groups in total. The lowest BCUT2D eigenvalue weighted by atomic mass is 9.58. The van der Waals surface area contributed by atoms with Crippen molar-refractivity contribution < 1.29 is 71.9 Å². The van der Waals surface area contributed by atoms with Crippen LogP contribution in [0.1, 0.15) is 141 Å². The number of ether oxygens (including phenoxy) is 5. The zero-order valence-electron chi connectivity index (χ0n) is 82.5. The van der Waals surface area contributed by atoms with E-state index in [2.05, 4.69) is 46.7 Å². The van der Waals surface area contributed by atoms with Crippen molar-refractivity contribution in [3.63, 3.8) is 0 Å². The average molecular weight is 2200 g/mol. The molecule has 0 bridgehead atoms. The molecule has 1 fully saturated rings. The number of esters is 3. The first-order chi connectivity index (χ1) is 70.5. The fourth-order valence-corrected chi connectivity index (χ4v) is 20.8. The molecule has 3 heterocycles. The molecule has 0 radical (unpaired) electrons. The van der Waals surface area contributed by atoms with Gasteiger partial charge in [0.15, 0.2) is 17.3 Å². The van der Waals surface area contributed by atoms with Gasteiger partial charge in [-0.3, -0.25) is 47.9 Å². The lowest BCUT2D eigenvalue weighted by Crippen LogP contribution is -2.45. The Bertz CT molecular complexity index is 7050. The van der Waals surface area contributed by atoms with Crippen LogP contribution in [-0.2, 0) is 77.3 Å². The number of carboxylic acids is 1. The number of carbonyl (C=O) groups is 9. The van der Waals surface area contributed by atoms with Crippen LogP contribution in [0.15, 0.2) is 257 Å². The molecule has 13 aromatic rings. The summed E-state index contributed by atoms with van der Waals surface area (Å²) >= 11 is 46.7. The van der Waals surface area contributed by atoms with E-state index >= 15 is 0 Å². The van der Waals surface area contributed by atoms with Gasteiger partial charge in [0.2, 0.25) is 0 Å². The smallest absolute Gasteiger partial charge is 0.335 e. The molecule has 1 spiro atoms. The topological polar surface area (TPSA) is 332 Å². The number of fused-ring (bicyclic) bond motifs is 2. The number of methoxy groups -OCH3 is 3. The van der Waals surface area contributed by atoms with Gasteiger partial charge >= 0.3 is 29.6 Å². The van der Waals surface area contributed by atoms with Crippen LogP contribution < -0.4 is 41.6 Å². The number of carbonyl (C=O) groups excluding carboxylic acids is 8. The maximum Gasteiger partial charge on any atom is 0.335 e. The molecule has 26 nitrogen and oxygen atoms in total. The standard InChI is InChI=1S/C31H33Cl3N2O4.C29H30BrN3O3.C29H27Cl2N3O5.C24H21Cl2NO5/c1-4-36(5-2)16-17-40-31(39)26(35-30(38)28-20(3)8-6-9-23(28)32)18-21-12-14-22(15-13-21)19-27(37)29-24(33)10-7-11-25(29)34;1-2-36-28(35)21(17-24-25(30)26(34)29(24)12-4-3-5-13-29)16-19-6-8-22(9-7-19)33-27-23-18-31-14-10-20(23)11-15-32-27;1-32(2)20-12-13-24-21(16-20)27(36)34(29(38)33(24)3)19-10-8-17(9-11-19)14-18(28(37)39-4)15-25(35)26-22(30)6-5-7-23(26)31;1-31-19-7-4-8-20(32-2)21(19)15-11-9-14(10-12-15)13-18(24(29)30)27-23(28)22-16(25)5-3-6-17(22)26/h6-15,26H,4-5,16-19H2,1-3H3,(H,35,38);6-11,14-15,18,21H,2-5,12-13,16-17H2,1H3,(H,32,33);5-13,16,18H,14-15H2,1-4H3;3-12,18H,13H2,1-2H3,(H,27,28)(H,29,30)/t26-;21-;2*18-/m0110/s1. The van der Waals surface area contributed by atoms with Crippen molar-refractivity contribution in [1.82, 2.24) is 34.6 Å². The third kappa shape index (κ3) is 28.3. The number of aliphatic carboxylic acids is 1. The lowest BCUT2D eigenvalue weighted by molar-refractivity contribution is -0.148. The minimum absolute atomic E-state index is 0.0423. The van der Waals surface area contributed by atoms with Crippen LogP contribution in [0, 0.1) is 24.2 Å². The van der Waals surface area contributed by atoms with Crippen molar-refractivity contribution >= 4 is 189 Å². The molecule has 3 aromatic heterocycles. The summed E-state index contributed by atoms with van der Waals surface area (Å²) in [5, 5.41) is 22.4. The summed E-state index contributed by atoms with van der Waals surface area (Å²) < 4.78 is 30.1. The zero-order valence-corrected chi connectivity index (χ0v) is 89.4. The fraction of sp³-hybridized carbons (Fsp3) is 0.283. The van der Waals surface area contributed by atoms with E-state index in [1.54, 1.807) is 168 Å². The minimum Gasteiger partial charge on any atom is -0.496 e. The van der Waals surface area contributed by atoms with Crippen LogP contribution in [-0.4, -0.2) is 163 Å². The number of nitrogens with zero attached hydrogens (tertiary/aromatic N) is 6. The number of amides is 2. The van der Waals surface area contributed by atoms with E-state index in [0.29, 0.717) is 95.9 Å². The highest BCUT2D eigenvalue weighted by atomic mass is 79.9. The number of hydrogen-bond acceptors (Lipinski definition) is 21. The number of benzene rings is 10. The van der Waals surface area contributed by atoms with Gasteiger partial charge in [-0.2, -0.15) is 0 Å². The second kappa shape index (κ2) is 53.0. The molecule has 0 aliphatic heterocycles. The summed E-state index contributed by atoms with van der Waals surface area (Å²) in [4.78, 5) is 154. The van der Waals surface area contributed by atoms with E-state index in [-0.39, 0.29) is 105 Å². The number of likely N-dealkylation sites (N-methyl/N-ethyl adjacent to an activating group) is 1. The number of nitrogens with one attached hydrogen (secondary N) is 3. The number of carboxylic acid groups (broad SMARTS) is 1. The molecule has 2 aliphatic carbocycles. The Morgan fingerprint density at radius 2 is 1.03 bits per heavy atom. The molecule has 0 unspecified atom stereocenters. The van der Waals surface area contributed by atoms with Gasteiger partial charge in [0.1, 0.15) is 36.0 Å². The first-order valence-electron chi connectivity index (χ1n) is 47.5. The van der Waals surface area contributed by atoms with Gasteiger partial charge in [0.05, 0.1) is 129 Å². The normalized spacial score (nSPS) is 13.2.